The van der Waals surface area contributed by atoms with Gasteiger partial charge in [-0.1, -0.05) is 13.3 Å². The molecule has 0 aliphatic carbocycles. The number of aromatic nitrogens is 3. The number of nitrogens with two attached hydrogens (primary N) is 2. The second-order valence-corrected chi connectivity index (χ2v) is 5.35. The fraction of sp³-hybridized carbons (Fsp3) is 0.769. The summed E-state index contributed by atoms with van der Waals surface area (Å²) in [6, 6.07) is 0.573. The molecule has 7 nitrogen and oxygen atoms in total. The van der Waals surface area contributed by atoms with Crippen LogP contribution in [0, 0.1) is 0 Å². The maximum Gasteiger partial charge on any atom is 0.225 e. The number of hydrogen-bond acceptors (Lipinski definition) is 7. The molecule has 20 heavy (non-hydrogen) atoms. The highest BCUT2D eigenvalue weighted by Crippen LogP contribution is 2.10. The van der Waals surface area contributed by atoms with Gasteiger partial charge in [-0.15, -0.1) is 0 Å². The zero-order valence-corrected chi connectivity index (χ0v) is 12.2. The Morgan fingerprint density at radius 2 is 2.00 bits per heavy atom. The Morgan fingerprint density at radius 3 is 2.60 bits per heavy atom. The first-order valence-electron chi connectivity index (χ1n) is 7.39. The molecule has 1 unspecified atom stereocenters. The summed E-state index contributed by atoms with van der Waals surface area (Å²) in [5.41, 5.74) is 11.3. The van der Waals surface area contributed by atoms with Crippen LogP contribution >= 0.6 is 0 Å². The largest absolute Gasteiger partial charge is 0.368 e. The lowest BCUT2D eigenvalue weighted by Gasteiger charge is -2.24. The van der Waals surface area contributed by atoms with Crippen molar-refractivity contribution in [2.45, 2.75) is 45.2 Å². The summed E-state index contributed by atoms with van der Waals surface area (Å²) in [5.74, 6) is 1.05. The fourth-order valence-corrected chi connectivity index (χ4v) is 2.57. The Labute approximate surface area is 120 Å². The van der Waals surface area contributed by atoms with E-state index in [9.17, 15) is 0 Å². The lowest BCUT2D eigenvalue weighted by Crippen LogP contribution is -2.38. The van der Waals surface area contributed by atoms with Crippen LogP contribution in [0.5, 0.6) is 0 Å². The Hall–Kier alpha value is -1.47. The molecule has 0 aromatic carbocycles. The maximum atomic E-state index is 5.63. The fourth-order valence-electron chi connectivity index (χ4n) is 2.57. The molecular formula is C13H25N7. The quantitative estimate of drug-likeness (QED) is 0.663. The lowest BCUT2D eigenvalue weighted by atomic mass is 10.2. The van der Waals surface area contributed by atoms with E-state index in [0.717, 1.165) is 19.6 Å². The van der Waals surface area contributed by atoms with Crippen molar-refractivity contribution < 1.29 is 0 Å². The van der Waals surface area contributed by atoms with E-state index in [0.29, 0.717) is 18.4 Å². The van der Waals surface area contributed by atoms with Crippen molar-refractivity contribution in [3.05, 3.63) is 5.82 Å². The van der Waals surface area contributed by atoms with Gasteiger partial charge in [0, 0.05) is 12.6 Å². The first-order chi connectivity index (χ1) is 9.67. The van der Waals surface area contributed by atoms with E-state index in [4.69, 9.17) is 11.5 Å². The number of nitrogens with one attached hydrogen (secondary N) is 1. The van der Waals surface area contributed by atoms with E-state index in [1.165, 1.54) is 25.7 Å². The van der Waals surface area contributed by atoms with Gasteiger partial charge >= 0.3 is 0 Å². The zero-order chi connectivity index (χ0) is 14.4. The van der Waals surface area contributed by atoms with Gasteiger partial charge in [0.15, 0.2) is 0 Å². The smallest absolute Gasteiger partial charge is 0.225 e. The molecule has 1 atom stereocenters. The summed E-state index contributed by atoms with van der Waals surface area (Å²) in [6.07, 6.45) is 4.85. The highest BCUT2D eigenvalue weighted by Gasteiger charge is 2.18. The van der Waals surface area contributed by atoms with Crippen LogP contribution in [0.3, 0.4) is 0 Å². The van der Waals surface area contributed by atoms with Crippen LogP contribution in [0.4, 0.5) is 11.9 Å². The molecule has 5 N–H and O–H groups in total. The molecule has 7 heteroatoms. The van der Waals surface area contributed by atoms with E-state index >= 15 is 0 Å². The van der Waals surface area contributed by atoms with E-state index in [1.54, 1.807) is 0 Å². The molecule has 0 amide bonds. The van der Waals surface area contributed by atoms with Gasteiger partial charge in [-0.25, -0.2) is 0 Å². The molecule has 1 fully saturated rings. The second kappa shape index (κ2) is 7.35. The van der Waals surface area contributed by atoms with Crippen molar-refractivity contribution in [1.29, 1.82) is 0 Å². The summed E-state index contributed by atoms with van der Waals surface area (Å²) >= 11 is 0. The molecule has 1 aliphatic heterocycles. The van der Waals surface area contributed by atoms with Crippen LogP contribution in [-0.2, 0) is 6.54 Å². The number of nitrogens with zero attached hydrogens (tertiary/aromatic N) is 4. The molecule has 0 radical (unpaired) electrons. The molecule has 2 heterocycles. The van der Waals surface area contributed by atoms with E-state index in [-0.39, 0.29) is 11.9 Å². The van der Waals surface area contributed by atoms with Crippen molar-refractivity contribution >= 4 is 11.9 Å². The first kappa shape index (κ1) is 14.9. The summed E-state index contributed by atoms with van der Waals surface area (Å²) < 4.78 is 0. The molecule has 1 aromatic rings. The predicted octanol–water partition coefficient (Wildman–Crippen LogP) is 0.390. The monoisotopic (exact) mass is 279 g/mol. The van der Waals surface area contributed by atoms with Gasteiger partial charge < -0.3 is 16.8 Å². The van der Waals surface area contributed by atoms with Gasteiger partial charge in [-0.3, -0.25) is 4.90 Å². The van der Waals surface area contributed by atoms with Crippen LogP contribution < -0.4 is 16.8 Å². The normalized spacial score (nSPS) is 18.8. The molecule has 0 bridgehead atoms. The van der Waals surface area contributed by atoms with Gasteiger partial charge in [0.05, 0.1) is 6.54 Å². The molecule has 1 saturated heterocycles. The number of anilines is 2. The molecule has 1 aromatic heterocycles. The molecule has 0 spiro atoms. The minimum Gasteiger partial charge on any atom is -0.368 e. The summed E-state index contributed by atoms with van der Waals surface area (Å²) in [5, 5.41) is 3.53. The SMILES string of the molecule is CCCCN(Cc1nc(N)nc(N)n1)CC1CCCN1. The van der Waals surface area contributed by atoms with Gasteiger partial charge in [0.25, 0.3) is 0 Å². The van der Waals surface area contributed by atoms with Gasteiger partial charge in [-0.05, 0) is 32.4 Å². The zero-order valence-electron chi connectivity index (χ0n) is 12.2. The van der Waals surface area contributed by atoms with Gasteiger partial charge in [-0.2, -0.15) is 15.0 Å². The highest BCUT2D eigenvalue weighted by molar-refractivity contribution is 5.25. The van der Waals surface area contributed by atoms with Crippen LogP contribution in [0.2, 0.25) is 0 Å². The minimum atomic E-state index is 0.196. The standard InChI is InChI=1S/C13H25N7/c1-2-3-7-20(8-10-5-4-6-16-10)9-11-17-12(14)19-13(15)18-11/h10,16H,2-9H2,1H3,(H4,14,15,17,18,19). The Bertz CT molecular complexity index is 397. The highest BCUT2D eigenvalue weighted by atomic mass is 15.2. The number of rotatable bonds is 7. The predicted molar refractivity (Wildman–Crippen MR) is 79.9 cm³/mol. The van der Waals surface area contributed by atoms with Crippen molar-refractivity contribution in [2.24, 2.45) is 0 Å². The minimum absolute atomic E-state index is 0.196. The van der Waals surface area contributed by atoms with Crippen molar-refractivity contribution in [1.82, 2.24) is 25.2 Å². The number of hydrogen-bond donors (Lipinski definition) is 3. The van der Waals surface area contributed by atoms with Crippen molar-refractivity contribution in [3.8, 4) is 0 Å². The maximum absolute atomic E-state index is 5.63. The van der Waals surface area contributed by atoms with Crippen LogP contribution in [0.1, 0.15) is 38.4 Å². The third kappa shape index (κ3) is 4.57. The summed E-state index contributed by atoms with van der Waals surface area (Å²) in [4.78, 5) is 14.5. The number of nitrogen functional groups attached to an aromatic ring is 2. The summed E-state index contributed by atoms with van der Waals surface area (Å²) in [6.45, 7) is 6.06. The third-order valence-corrected chi connectivity index (χ3v) is 3.55. The Kier molecular flexibility index (Phi) is 5.49. The molecular weight excluding hydrogens is 254 g/mol. The third-order valence-electron chi connectivity index (χ3n) is 3.55. The van der Waals surface area contributed by atoms with E-state index in [1.807, 2.05) is 0 Å². The van der Waals surface area contributed by atoms with E-state index in [2.05, 4.69) is 32.1 Å². The first-order valence-corrected chi connectivity index (χ1v) is 7.39. The number of unbranched alkanes of at least 4 members (excludes halogenated alkanes) is 1. The molecule has 0 saturated carbocycles. The van der Waals surface area contributed by atoms with Gasteiger partial charge in [0.1, 0.15) is 5.82 Å². The average molecular weight is 279 g/mol. The van der Waals surface area contributed by atoms with Crippen molar-refractivity contribution in [2.75, 3.05) is 31.1 Å². The van der Waals surface area contributed by atoms with Crippen LogP contribution in [0.15, 0.2) is 0 Å². The van der Waals surface area contributed by atoms with Crippen molar-refractivity contribution in [3.63, 3.8) is 0 Å². The van der Waals surface area contributed by atoms with Gasteiger partial charge in [0.2, 0.25) is 11.9 Å². The lowest BCUT2D eigenvalue weighted by molar-refractivity contribution is 0.232. The van der Waals surface area contributed by atoms with Crippen LogP contribution in [0.25, 0.3) is 0 Å². The molecule has 2 rings (SSSR count). The van der Waals surface area contributed by atoms with Crippen LogP contribution in [-0.4, -0.2) is 45.5 Å². The average Bonchev–Trinajstić information content (AvgIpc) is 2.87. The topological polar surface area (TPSA) is 106 Å². The van der Waals surface area contributed by atoms with E-state index < -0.39 is 0 Å². The Morgan fingerprint density at radius 1 is 1.25 bits per heavy atom. The Balaban J connectivity index is 1.97. The second-order valence-electron chi connectivity index (χ2n) is 5.35. The molecule has 1 aliphatic rings. The summed E-state index contributed by atoms with van der Waals surface area (Å²) in [7, 11) is 0. The molecule has 112 valence electrons.